The summed E-state index contributed by atoms with van der Waals surface area (Å²) >= 11 is 5.25. The second kappa shape index (κ2) is 8.45. The van der Waals surface area contributed by atoms with E-state index < -0.39 is 10.0 Å². The molecule has 0 heterocycles. The molecule has 0 aliphatic carbocycles. The van der Waals surface area contributed by atoms with Gasteiger partial charge in [-0.3, -0.25) is 0 Å². The minimum Gasteiger partial charge on any atom is -0.362 e. The van der Waals surface area contributed by atoms with Gasteiger partial charge in [0.2, 0.25) is 10.0 Å². The molecule has 0 unspecified atom stereocenters. The molecule has 0 atom stereocenters. The second-order valence-corrected chi connectivity index (χ2v) is 8.05. The number of benzene rings is 1. The Morgan fingerprint density at radius 3 is 2.59 bits per heavy atom. The number of anilines is 1. The second-order valence-electron chi connectivity index (χ2n) is 5.27. The summed E-state index contributed by atoms with van der Waals surface area (Å²) in [5, 5.41) is 6.80. The fourth-order valence-corrected chi connectivity index (χ4v) is 3.04. The van der Waals surface area contributed by atoms with Crippen molar-refractivity contribution in [2.45, 2.75) is 27.2 Å². The van der Waals surface area contributed by atoms with E-state index in [-0.39, 0.29) is 5.75 Å². The zero-order chi connectivity index (χ0) is 16.8. The Labute approximate surface area is 139 Å². The Morgan fingerprint density at radius 1 is 1.32 bits per heavy atom. The normalized spacial score (nSPS) is 11.5. The van der Waals surface area contributed by atoms with Gasteiger partial charge >= 0.3 is 0 Å². The first kappa shape index (κ1) is 18.9. The molecule has 22 heavy (non-hydrogen) atoms. The molecule has 7 heteroatoms. The van der Waals surface area contributed by atoms with Crippen molar-refractivity contribution in [1.82, 2.24) is 9.62 Å². The first-order valence-electron chi connectivity index (χ1n) is 7.32. The molecule has 1 aromatic rings. The Balaban J connectivity index is 2.35. The van der Waals surface area contributed by atoms with Gasteiger partial charge in [-0.15, -0.1) is 0 Å². The number of hydrogen-bond acceptors (Lipinski definition) is 3. The third kappa shape index (κ3) is 5.90. The lowest BCUT2D eigenvalue weighted by Crippen LogP contribution is -2.34. The van der Waals surface area contributed by atoms with Gasteiger partial charge in [0.25, 0.3) is 0 Å². The molecule has 1 aromatic carbocycles. The summed E-state index contributed by atoms with van der Waals surface area (Å²) in [7, 11) is -1.50. The van der Waals surface area contributed by atoms with Crippen LogP contribution < -0.4 is 10.6 Å². The highest BCUT2D eigenvalue weighted by Gasteiger charge is 2.13. The minimum atomic E-state index is -3.10. The summed E-state index contributed by atoms with van der Waals surface area (Å²) in [5.41, 5.74) is 3.33. The van der Waals surface area contributed by atoms with E-state index in [1.165, 1.54) is 9.87 Å². The van der Waals surface area contributed by atoms with Crippen LogP contribution in [0.15, 0.2) is 18.2 Å². The monoisotopic (exact) mass is 343 g/mol. The van der Waals surface area contributed by atoms with E-state index in [2.05, 4.69) is 16.7 Å². The lowest BCUT2D eigenvalue weighted by atomic mass is 10.1. The molecule has 0 saturated carbocycles. The van der Waals surface area contributed by atoms with E-state index in [0.29, 0.717) is 24.6 Å². The third-order valence-electron chi connectivity index (χ3n) is 3.41. The van der Waals surface area contributed by atoms with E-state index in [0.717, 1.165) is 11.3 Å². The molecule has 0 aliphatic rings. The number of nitrogens with zero attached hydrogens (tertiary/aromatic N) is 1. The maximum absolute atomic E-state index is 11.6. The van der Waals surface area contributed by atoms with E-state index >= 15 is 0 Å². The highest BCUT2D eigenvalue weighted by molar-refractivity contribution is 7.89. The van der Waals surface area contributed by atoms with Gasteiger partial charge in [-0.25, -0.2) is 12.7 Å². The van der Waals surface area contributed by atoms with Crippen molar-refractivity contribution in [3.05, 3.63) is 29.3 Å². The van der Waals surface area contributed by atoms with Crippen molar-refractivity contribution in [3.63, 3.8) is 0 Å². The first-order valence-corrected chi connectivity index (χ1v) is 9.34. The maximum Gasteiger partial charge on any atom is 0.213 e. The van der Waals surface area contributed by atoms with E-state index in [1.807, 2.05) is 26.0 Å². The van der Waals surface area contributed by atoms with Crippen molar-refractivity contribution < 1.29 is 8.42 Å². The van der Waals surface area contributed by atoms with Gasteiger partial charge in [-0.05, 0) is 51.0 Å². The third-order valence-corrected chi connectivity index (χ3v) is 5.51. The molecule has 5 nitrogen and oxygen atoms in total. The van der Waals surface area contributed by atoms with Crippen LogP contribution in [0.4, 0.5) is 5.69 Å². The highest BCUT2D eigenvalue weighted by Crippen LogP contribution is 2.15. The van der Waals surface area contributed by atoms with E-state index in [4.69, 9.17) is 12.2 Å². The quantitative estimate of drug-likeness (QED) is 0.587. The van der Waals surface area contributed by atoms with Crippen molar-refractivity contribution in [2.75, 3.05) is 31.2 Å². The number of rotatable bonds is 7. The lowest BCUT2D eigenvalue weighted by molar-refractivity contribution is 0.462. The van der Waals surface area contributed by atoms with Crippen LogP contribution in [0.5, 0.6) is 0 Å². The Morgan fingerprint density at radius 2 is 2.00 bits per heavy atom. The molecule has 0 amide bonds. The van der Waals surface area contributed by atoms with Crippen LogP contribution >= 0.6 is 12.2 Å². The Kier molecular flexibility index (Phi) is 7.25. The molecule has 0 aromatic heterocycles. The van der Waals surface area contributed by atoms with Gasteiger partial charge in [-0.1, -0.05) is 17.7 Å². The average Bonchev–Trinajstić information content (AvgIpc) is 2.46. The fraction of sp³-hybridized carbons (Fsp3) is 0.533. The molecule has 124 valence electrons. The average molecular weight is 344 g/mol. The molecular weight excluding hydrogens is 318 g/mol. The lowest BCUT2D eigenvalue weighted by Gasteiger charge is -2.17. The highest BCUT2D eigenvalue weighted by atomic mass is 32.2. The van der Waals surface area contributed by atoms with Gasteiger partial charge < -0.3 is 10.6 Å². The zero-order valence-corrected chi connectivity index (χ0v) is 15.3. The summed E-state index contributed by atoms with van der Waals surface area (Å²) in [6, 6.07) is 6.12. The molecule has 0 fully saturated rings. The minimum absolute atomic E-state index is 0.129. The molecule has 1 rings (SSSR count). The first-order chi connectivity index (χ1) is 10.3. The van der Waals surface area contributed by atoms with E-state index in [1.54, 1.807) is 14.0 Å². The Hall–Kier alpha value is -1.18. The van der Waals surface area contributed by atoms with Gasteiger partial charge in [0.15, 0.2) is 5.11 Å². The molecule has 0 saturated heterocycles. The smallest absolute Gasteiger partial charge is 0.213 e. The molecule has 0 aliphatic heterocycles. The van der Waals surface area contributed by atoms with Crippen LogP contribution in [-0.4, -0.2) is 43.7 Å². The predicted octanol–water partition coefficient (Wildman–Crippen LogP) is 2.26. The summed E-state index contributed by atoms with van der Waals surface area (Å²) in [6.07, 6.45) is 0.699. The number of thiocarbonyl (C=S) groups is 1. The zero-order valence-electron chi connectivity index (χ0n) is 13.6. The van der Waals surface area contributed by atoms with Crippen molar-refractivity contribution in [1.29, 1.82) is 0 Å². The van der Waals surface area contributed by atoms with Crippen LogP contribution in [0.3, 0.4) is 0 Å². The molecule has 2 N–H and O–H groups in total. The summed E-state index contributed by atoms with van der Waals surface area (Å²) in [6.45, 7) is 6.83. The molecule has 0 bridgehead atoms. The number of aryl methyl sites for hydroxylation is 2. The molecular formula is C15H25N3O2S2. The predicted molar refractivity (Wildman–Crippen MR) is 96.8 cm³/mol. The van der Waals surface area contributed by atoms with Crippen molar-refractivity contribution >= 4 is 33.0 Å². The SMILES string of the molecule is CCS(=O)(=O)N(C)CCCNC(=S)Nc1ccc(C)cc1C. The van der Waals surface area contributed by atoms with Gasteiger partial charge in [0, 0.05) is 25.8 Å². The van der Waals surface area contributed by atoms with Crippen LogP contribution in [0.1, 0.15) is 24.5 Å². The van der Waals surface area contributed by atoms with Crippen LogP contribution in [-0.2, 0) is 10.0 Å². The molecule has 0 spiro atoms. The molecule has 0 radical (unpaired) electrons. The summed E-state index contributed by atoms with van der Waals surface area (Å²) in [5.74, 6) is 0.129. The maximum atomic E-state index is 11.6. The van der Waals surface area contributed by atoms with Gasteiger partial charge in [0.1, 0.15) is 0 Å². The summed E-state index contributed by atoms with van der Waals surface area (Å²) in [4.78, 5) is 0. The van der Waals surface area contributed by atoms with Crippen LogP contribution in [0, 0.1) is 13.8 Å². The van der Waals surface area contributed by atoms with Crippen LogP contribution in [0.25, 0.3) is 0 Å². The van der Waals surface area contributed by atoms with Gasteiger partial charge in [-0.2, -0.15) is 0 Å². The summed E-state index contributed by atoms with van der Waals surface area (Å²) < 4.78 is 24.6. The number of hydrogen-bond donors (Lipinski definition) is 2. The van der Waals surface area contributed by atoms with Crippen molar-refractivity contribution in [3.8, 4) is 0 Å². The van der Waals surface area contributed by atoms with Crippen molar-refractivity contribution in [2.24, 2.45) is 0 Å². The standard InChI is InChI=1S/C15H25N3O2S2/c1-5-22(19,20)18(4)10-6-9-16-15(21)17-14-8-7-12(2)11-13(14)3/h7-8,11H,5-6,9-10H2,1-4H3,(H2,16,17,21). The van der Waals surface area contributed by atoms with Crippen LogP contribution in [0.2, 0.25) is 0 Å². The van der Waals surface area contributed by atoms with Gasteiger partial charge in [0.05, 0.1) is 5.75 Å². The topological polar surface area (TPSA) is 61.4 Å². The van der Waals surface area contributed by atoms with E-state index in [9.17, 15) is 8.42 Å². The largest absolute Gasteiger partial charge is 0.362 e. The Bertz CT molecular complexity index is 615. The number of sulfonamides is 1. The number of nitrogens with one attached hydrogen (secondary N) is 2. The fourth-order valence-electron chi connectivity index (χ4n) is 1.98.